The molecule has 3 aromatic rings. The molecule has 5 heteroatoms. The number of hydrogen-bond acceptors (Lipinski definition) is 4. The molecule has 29 heavy (non-hydrogen) atoms. The fourth-order valence-electron chi connectivity index (χ4n) is 3.81. The van der Waals surface area contributed by atoms with Crippen molar-refractivity contribution in [3.63, 3.8) is 0 Å². The van der Waals surface area contributed by atoms with Crippen LogP contribution in [0.1, 0.15) is 46.7 Å². The molecule has 0 saturated carbocycles. The Morgan fingerprint density at radius 1 is 1.07 bits per heavy atom. The smallest absolute Gasteiger partial charge is 0.112 e. The van der Waals surface area contributed by atoms with Gasteiger partial charge in [0.1, 0.15) is 6.10 Å². The molecule has 0 amide bonds. The van der Waals surface area contributed by atoms with Crippen molar-refractivity contribution in [3.05, 3.63) is 82.4 Å². The number of aromatic nitrogens is 3. The van der Waals surface area contributed by atoms with E-state index in [-0.39, 0.29) is 6.10 Å². The van der Waals surface area contributed by atoms with Crippen molar-refractivity contribution in [2.24, 2.45) is 0 Å². The van der Waals surface area contributed by atoms with Crippen molar-refractivity contribution in [1.82, 2.24) is 19.7 Å². The summed E-state index contributed by atoms with van der Waals surface area (Å²) < 4.78 is 8.05. The predicted octanol–water partition coefficient (Wildman–Crippen LogP) is 4.08. The maximum Gasteiger partial charge on any atom is 0.112 e. The molecule has 0 radical (unpaired) electrons. The van der Waals surface area contributed by atoms with Crippen LogP contribution >= 0.6 is 0 Å². The van der Waals surface area contributed by atoms with E-state index in [0.29, 0.717) is 0 Å². The Balaban J connectivity index is 1.38. The zero-order chi connectivity index (χ0) is 20.2. The van der Waals surface area contributed by atoms with Gasteiger partial charge in [-0.2, -0.15) is 5.10 Å². The number of aryl methyl sites for hydroxylation is 3. The molecule has 0 N–H and O–H groups in total. The summed E-state index contributed by atoms with van der Waals surface area (Å²) in [5.41, 5.74) is 7.27. The highest BCUT2D eigenvalue weighted by atomic mass is 16.5. The number of ether oxygens (including phenoxy) is 1. The van der Waals surface area contributed by atoms with E-state index in [1.807, 2.05) is 10.9 Å². The van der Waals surface area contributed by atoms with Crippen molar-refractivity contribution in [1.29, 1.82) is 0 Å². The van der Waals surface area contributed by atoms with Gasteiger partial charge in [-0.05, 0) is 44.4 Å². The lowest BCUT2D eigenvalue weighted by atomic mass is 10.0. The third-order valence-electron chi connectivity index (χ3n) is 5.62. The third-order valence-corrected chi connectivity index (χ3v) is 5.62. The Hall–Kier alpha value is -2.50. The summed E-state index contributed by atoms with van der Waals surface area (Å²) in [6, 6.07) is 13.0. The molecule has 4 rings (SSSR count). The first kappa shape index (κ1) is 19.8. The number of benzene rings is 1. The van der Waals surface area contributed by atoms with Crippen LogP contribution in [0.3, 0.4) is 0 Å². The van der Waals surface area contributed by atoms with Gasteiger partial charge in [-0.1, -0.05) is 35.9 Å². The number of rotatable bonds is 6. The third kappa shape index (κ3) is 4.92. The lowest BCUT2D eigenvalue weighted by molar-refractivity contribution is -0.0350. The van der Waals surface area contributed by atoms with Crippen LogP contribution in [0.4, 0.5) is 0 Å². The molecular weight excluding hydrogens is 360 g/mol. The highest BCUT2D eigenvalue weighted by molar-refractivity contribution is 5.28. The molecule has 5 nitrogen and oxygen atoms in total. The van der Waals surface area contributed by atoms with Gasteiger partial charge in [-0.15, -0.1) is 0 Å². The van der Waals surface area contributed by atoms with Crippen LogP contribution in [0.5, 0.6) is 0 Å². The van der Waals surface area contributed by atoms with E-state index < -0.39 is 0 Å². The monoisotopic (exact) mass is 390 g/mol. The lowest BCUT2D eigenvalue weighted by Gasteiger charge is -2.32. The van der Waals surface area contributed by atoms with Crippen LogP contribution in [0.25, 0.3) is 0 Å². The summed E-state index contributed by atoms with van der Waals surface area (Å²) in [4.78, 5) is 7.17. The van der Waals surface area contributed by atoms with Crippen LogP contribution in [-0.2, 0) is 24.2 Å². The maximum absolute atomic E-state index is 6.03. The van der Waals surface area contributed by atoms with Crippen molar-refractivity contribution < 1.29 is 4.74 Å². The van der Waals surface area contributed by atoms with Crippen LogP contribution in [0.15, 0.2) is 48.8 Å². The van der Waals surface area contributed by atoms with Gasteiger partial charge in [0.2, 0.25) is 0 Å². The number of morpholine rings is 1. The van der Waals surface area contributed by atoms with E-state index in [1.165, 1.54) is 22.3 Å². The summed E-state index contributed by atoms with van der Waals surface area (Å²) in [6.45, 7) is 10.7. The molecule has 3 heterocycles. The molecule has 2 aromatic heterocycles. The second-order valence-corrected chi connectivity index (χ2v) is 7.94. The second-order valence-electron chi connectivity index (χ2n) is 7.94. The quantitative estimate of drug-likeness (QED) is 0.636. The number of pyridine rings is 1. The average molecular weight is 391 g/mol. The zero-order valence-electron chi connectivity index (χ0n) is 17.6. The summed E-state index contributed by atoms with van der Waals surface area (Å²) in [5.74, 6) is 0. The Morgan fingerprint density at radius 3 is 2.55 bits per heavy atom. The van der Waals surface area contributed by atoms with Gasteiger partial charge in [0.25, 0.3) is 0 Å². The van der Waals surface area contributed by atoms with Gasteiger partial charge in [0, 0.05) is 44.1 Å². The maximum atomic E-state index is 6.03. The van der Waals surface area contributed by atoms with Crippen LogP contribution in [0.2, 0.25) is 0 Å². The average Bonchev–Trinajstić information content (AvgIpc) is 3.10. The normalized spacial score (nSPS) is 17.6. The summed E-state index contributed by atoms with van der Waals surface area (Å²) in [7, 11) is 0. The molecule has 1 fully saturated rings. The van der Waals surface area contributed by atoms with E-state index in [4.69, 9.17) is 9.72 Å². The van der Waals surface area contributed by atoms with E-state index in [0.717, 1.165) is 50.6 Å². The largest absolute Gasteiger partial charge is 0.369 e. The van der Waals surface area contributed by atoms with Crippen molar-refractivity contribution in [2.45, 2.75) is 46.4 Å². The fourth-order valence-corrected chi connectivity index (χ4v) is 3.81. The SMILES string of the molecule is CCn1cc(CN2CCOC(c3ccc(Cc4ccc(C)cc4)cn3)C2)c(C)n1. The van der Waals surface area contributed by atoms with E-state index >= 15 is 0 Å². The van der Waals surface area contributed by atoms with Crippen molar-refractivity contribution in [3.8, 4) is 0 Å². The topological polar surface area (TPSA) is 43.2 Å². The van der Waals surface area contributed by atoms with E-state index in [2.05, 4.69) is 73.4 Å². The van der Waals surface area contributed by atoms with E-state index in [9.17, 15) is 0 Å². The number of hydrogen-bond donors (Lipinski definition) is 0. The minimum Gasteiger partial charge on any atom is -0.369 e. The molecule has 1 saturated heterocycles. The Morgan fingerprint density at radius 2 is 1.86 bits per heavy atom. The Labute approximate surface area is 173 Å². The molecule has 1 aromatic carbocycles. The fraction of sp³-hybridized carbons (Fsp3) is 0.417. The van der Waals surface area contributed by atoms with Gasteiger partial charge in [0.15, 0.2) is 0 Å². The van der Waals surface area contributed by atoms with Gasteiger partial charge < -0.3 is 4.74 Å². The number of nitrogens with zero attached hydrogens (tertiary/aromatic N) is 4. The summed E-state index contributed by atoms with van der Waals surface area (Å²) in [6.07, 6.45) is 5.09. The Bertz CT molecular complexity index is 931. The first-order chi connectivity index (χ1) is 14.1. The second kappa shape index (κ2) is 8.89. The molecule has 152 valence electrons. The zero-order valence-corrected chi connectivity index (χ0v) is 17.6. The van der Waals surface area contributed by atoms with Crippen molar-refractivity contribution >= 4 is 0 Å². The van der Waals surface area contributed by atoms with Crippen LogP contribution in [-0.4, -0.2) is 39.4 Å². The predicted molar refractivity (Wildman–Crippen MR) is 115 cm³/mol. The molecule has 1 aliphatic rings. The highest BCUT2D eigenvalue weighted by Crippen LogP contribution is 2.23. The minimum absolute atomic E-state index is 0.0266. The first-order valence-corrected chi connectivity index (χ1v) is 10.5. The van der Waals surface area contributed by atoms with Gasteiger partial charge in [-0.25, -0.2) is 0 Å². The minimum atomic E-state index is 0.0266. The highest BCUT2D eigenvalue weighted by Gasteiger charge is 2.24. The lowest BCUT2D eigenvalue weighted by Crippen LogP contribution is -2.38. The van der Waals surface area contributed by atoms with Gasteiger partial charge in [-0.3, -0.25) is 14.6 Å². The molecule has 0 bridgehead atoms. The molecule has 1 atom stereocenters. The van der Waals surface area contributed by atoms with Crippen LogP contribution in [0, 0.1) is 13.8 Å². The summed E-state index contributed by atoms with van der Waals surface area (Å²) >= 11 is 0. The standard InChI is InChI=1S/C24H30N4O/c1-4-28-16-22(19(3)26-28)15-27-11-12-29-24(17-27)23-10-9-21(14-25-23)13-20-7-5-18(2)6-8-20/h5-10,14,16,24H,4,11-13,15,17H2,1-3H3. The molecule has 0 spiro atoms. The molecular formula is C24H30N4O. The van der Waals surface area contributed by atoms with Crippen molar-refractivity contribution in [2.75, 3.05) is 19.7 Å². The molecule has 1 unspecified atom stereocenters. The Kier molecular flexibility index (Phi) is 6.07. The first-order valence-electron chi connectivity index (χ1n) is 10.5. The summed E-state index contributed by atoms with van der Waals surface area (Å²) in [5, 5.41) is 4.57. The van der Waals surface area contributed by atoms with E-state index in [1.54, 1.807) is 0 Å². The van der Waals surface area contributed by atoms with Gasteiger partial charge in [0.05, 0.1) is 18.0 Å². The van der Waals surface area contributed by atoms with Gasteiger partial charge >= 0.3 is 0 Å². The van der Waals surface area contributed by atoms with Crippen LogP contribution < -0.4 is 0 Å². The molecule has 1 aliphatic heterocycles. The molecule has 0 aliphatic carbocycles.